The number of amides is 1. The van der Waals surface area contributed by atoms with Gasteiger partial charge in [0.2, 0.25) is 15.9 Å². The number of rotatable bonds is 7. The fourth-order valence-corrected chi connectivity index (χ4v) is 6.58. The van der Waals surface area contributed by atoms with Gasteiger partial charge in [-0.25, -0.2) is 8.42 Å². The van der Waals surface area contributed by atoms with Crippen LogP contribution in [-0.2, 0) is 27.9 Å². The van der Waals surface area contributed by atoms with Crippen molar-refractivity contribution in [2.75, 3.05) is 13.1 Å². The van der Waals surface area contributed by atoms with E-state index in [0.717, 1.165) is 29.0 Å². The van der Waals surface area contributed by atoms with E-state index < -0.39 is 10.0 Å². The van der Waals surface area contributed by atoms with Crippen molar-refractivity contribution < 1.29 is 17.6 Å². The monoisotopic (exact) mass is 477 g/mol. The van der Waals surface area contributed by atoms with Crippen LogP contribution in [0.4, 0.5) is 0 Å². The normalized spacial score (nSPS) is 15.9. The molecule has 3 aromatic rings. The van der Waals surface area contributed by atoms with Crippen molar-refractivity contribution in [1.29, 1.82) is 0 Å². The summed E-state index contributed by atoms with van der Waals surface area (Å²) in [5.74, 6) is 1.18. The molecule has 1 aliphatic heterocycles. The molecule has 0 saturated carbocycles. The number of nitrogens with one attached hydrogen (secondary N) is 1. The van der Waals surface area contributed by atoms with Gasteiger partial charge in [0.25, 0.3) is 0 Å². The molecule has 1 N–H and O–H groups in total. The third-order valence-electron chi connectivity index (χ3n) is 5.78. The number of piperidine rings is 1. The predicted octanol–water partition coefficient (Wildman–Crippen LogP) is 3.09. The maximum Gasteiger partial charge on any atom is 0.308 e. The van der Waals surface area contributed by atoms with Gasteiger partial charge in [-0.3, -0.25) is 14.2 Å². The molecule has 1 aliphatic rings. The predicted molar refractivity (Wildman–Crippen MR) is 123 cm³/mol. The van der Waals surface area contributed by atoms with Gasteiger partial charge < -0.3 is 9.73 Å². The molecule has 0 aliphatic carbocycles. The standard InChI is InChI=1S/C22H27N3O5S2/c1-3-10-25-19-7-6-18(13-20(19)31-22(25)27)32(28,29)24-11-8-16(9-12-24)21(26)23-14-17-5-4-15(2)30-17/h4-7,13,16H,3,8-12,14H2,1-2H3,(H,23,26). The highest BCUT2D eigenvalue weighted by Gasteiger charge is 2.32. The van der Waals surface area contributed by atoms with Gasteiger partial charge in [-0.1, -0.05) is 18.3 Å². The second-order valence-corrected chi connectivity index (χ2v) is 11.0. The Bertz CT molecular complexity index is 1280. The van der Waals surface area contributed by atoms with E-state index in [2.05, 4.69) is 5.32 Å². The summed E-state index contributed by atoms with van der Waals surface area (Å²) in [5, 5.41) is 2.87. The quantitative estimate of drug-likeness (QED) is 0.563. The van der Waals surface area contributed by atoms with Crippen molar-refractivity contribution in [2.24, 2.45) is 5.92 Å². The zero-order chi connectivity index (χ0) is 22.9. The number of hydrogen-bond donors (Lipinski definition) is 1. The number of thiazole rings is 1. The number of aryl methyl sites for hydroxylation is 2. The summed E-state index contributed by atoms with van der Waals surface area (Å²) in [5.41, 5.74) is 0.767. The van der Waals surface area contributed by atoms with Gasteiger partial charge in [0, 0.05) is 25.6 Å². The Balaban J connectivity index is 1.41. The molecule has 1 aromatic carbocycles. The number of fused-ring (bicyclic) bond motifs is 1. The Labute approximate surface area is 190 Å². The van der Waals surface area contributed by atoms with Gasteiger partial charge in [-0.2, -0.15) is 4.31 Å². The van der Waals surface area contributed by atoms with Crippen LogP contribution in [0.25, 0.3) is 10.2 Å². The largest absolute Gasteiger partial charge is 0.465 e. The molecular formula is C22H27N3O5S2. The molecule has 1 fully saturated rings. The van der Waals surface area contributed by atoms with Crippen LogP contribution in [0.3, 0.4) is 0 Å². The number of benzene rings is 1. The molecule has 2 aromatic heterocycles. The summed E-state index contributed by atoms with van der Waals surface area (Å²) >= 11 is 1.07. The number of aromatic nitrogens is 1. The number of carbonyl (C=O) groups is 1. The molecule has 172 valence electrons. The highest BCUT2D eigenvalue weighted by Crippen LogP contribution is 2.27. The fourth-order valence-electron chi connectivity index (χ4n) is 4.05. The lowest BCUT2D eigenvalue weighted by Crippen LogP contribution is -2.42. The van der Waals surface area contributed by atoms with Gasteiger partial charge in [-0.05, 0) is 56.5 Å². The van der Waals surface area contributed by atoms with Crippen molar-refractivity contribution >= 4 is 37.5 Å². The van der Waals surface area contributed by atoms with Crippen LogP contribution in [0.15, 0.2) is 44.4 Å². The second-order valence-electron chi connectivity index (χ2n) is 8.06. The average Bonchev–Trinajstić information content (AvgIpc) is 3.34. The molecule has 10 heteroatoms. The van der Waals surface area contributed by atoms with Gasteiger partial charge >= 0.3 is 4.87 Å². The molecule has 0 unspecified atom stereocenters. The van der Waals surface area contributed by atoms with Crippen molar-refractivity contribution in [3.63, 3.8) is 0 Å². The molecule has 0 radical (unpaired) electrons. The first-order valence-corrected chi connectivity index (χ1v) is 13.0. The topological polar surface area (TPSA) is 102 Å². The highest BCUT2D eigenvalue weighted by atomic mass is 32.2. The van der Waals surface area contributed by atoms with Gasteiger partial charge in [0.05, 0.1) is 21.7 Å². The van der Waals surface area contributed by atoms with Crippen LogP contribution in [0, 0.1) is 12.8 Å². The number of sulfonamides is 1. The lowest BCUT2D eigenvalue weighted by Gasteiger charge is -2.30. The Morgan fingerprint density at radius 3 is 2.62 bits per heavy atom. The Morgan fingerprint density at radius 2 is 1.97 bits per heavy atom. The van der Waals surface area contributed by atoms with Crippen LogP contribution in [0.2, 0.25) is 0 Å². The lowest BCUT2D eigenvalue weighted by molar-refractivity contribution is -0.126. The zero-order valence-electron chi connectivity index (χ0n) is 18.2. The van der Waals surface area contributed by atoms with Crippen molar-refractivity contribution in [2.45, 2.75) is 51.1 Å². The Hall–Kier alpha value is -2.43. The van der Waals surface area contributed by atoms with E-state index in [1.54, 1.807) is 22.8 Å². The summed E-state index contributed by atoms with van der Waals surface area (Å²) in [6.07, 6.45) is 1.75. The lowest BCUT2D eigenvalue weighted by atomic mass is 9.97. The maximum absolute atomic E-state index is 13.2. The minimum absolute atomic E-state index is 0.0760. The molecule has 0 atom stereocenters. The first-order valence-electron chi connectivity index (χ1n) is 10.8. The van der Waals surface area contributed by atoms with E-state index in [-0.39, 0.29) is 34.7 Å². The highest BCUT2D eigenvalue weighted by molar-refractivity contribution is 7.89. The third kappa shape index (κ3) is 4.53. The van der Waals surface area contributed by atoms with Crippen LogP contribution < -0.4 is 10.2 Å². The summed E-state index contributed by atoms with van der Waals surface area (Å²) in [4.78, 5) is 24.8. The number of furan rings is 1. The van der Waals surface area contributed by atoms with Gasteiger partial charge in [-0.15, -0.1) is 0 Å². The summed E-state index contributed by atoms with van der Waals surface area (Å²) in [7, 11) is -3.69. The molecule has 0 bridgehead atoms. The fraction of sp³-hybridized carbons (Fsp3) is 0.455. The number of nitrogens with zero attached hydrogens (tertiary/aromatic N) is 2. The molecule has 1 amide bonds. The first-order chi connectivity index (χ1) is 15.3. The second kappa shape index (κ2) is 9.21. The molecule has 0 spiro atoms. The van der Waals surface area contributed by atoms with E-state index in [0.29, 0.717) is 36.4 Å². The molecular weight excluding hydrogens is 450 g/mol. The van der Waals surface area contributed by atoms with Crippen LogP contribution in [0.1, 0.15) is 37.7 Å². The van der Waals surface area contributed by atoms with Gasteiger partial charge in [0.1, 0.15) is 11.5 Å². The summed E-state index contributed by atoms with van der Waals surface area (Å²) in [6, 6.07) is 8.55. The SMILES string of the molecule is CCCn1c(=O)sc2cc(S(=O)(=O)N3CCC(C(=O)NCc4ccc(C)o4)CC3)ccc21. The Morgan fingerprint density at radius 1 is 1.22 bits per heavy atom. The van der Waals surface area contributed by atoms with Crippen molar-refractivity contribution in [3.8, 4) is 0 Å². The minimum Gasteiger partial charge on any atom is -0.465 e. The molecule has 4 rings (SSSR count). The van der Waals surface area contributed by atoms with Crippen LogP contribution in [0.5, 0.6) is 0 Å². The molecule has 8 nitrogen and oxygen atoms in total. The third-order valence-corrected chi connectivity index (χ3v) is 8.62. The Kier molecular flexibility index (Phi) is 6.55. The van der Waals surface area contributed by atoms with E-state index in [1.807, 2.05) is 26.0 Å². The van der Waals surface area contributed by atoms with Crippen molar-refractivity contribution in [3.05, 3.63) is 51.5 Å². The van der Waals surface area contributed by atoms with Crippen LogP contribution >= 0.6 is 11.3 Å². The van der Waals surface area contributed by atoms with Gasteiger partial charge in [0.15, 0.2) is 0 Å². The zero-order valence-corrected chi connectivity index (χ0v) is 19.8. The van der Waals surface area contributed by atoms with Crippen LogP contribution in [-0.4, -0.2) is 36.3 Å². The number of hydrogen-bond acceptors (Lipinski definition) is 6. The smallest absolute Gasteiger partial charge is 0.308 e. The number of carbonyl (C=O) groups excluding carboxylic acids is 1. The van der Waals surface area contributed by atoms with E-state index in [4.69, 9.17) is 4.42 Å². The van der Waals surface area contributed by atoms with E-state index in [1.165, 1.54) is 4.31 Å². The summed E-state index contributed by atoms with van der Waals surface area (Å²) in [6.45, 7) is 5.35. The van der Waals surface area contributed by atoms with E-state index >= 15 is 0 Å². The first kappa shape index (κ1) is 22.8. The molecule has 3 heterocycles. The van der Waals surface area contributed by atoms with Crippen molar-refractivity contribution in [1.82, 2.24) is 14.2 Å². The minimum atomic E-state index is -3.69. The molecule has 32 heavy (non-hydrogen) atoms. The summed E-state index contributed by atoms with van der Waals surface area (Å²) < 4.78 is 35.6. The average molecular weight is 478 g/mol. The molecule has 1 saturated heterocycles. The maximum atomic E-state index is 13.2. The van der Waals surface area contributed by atoms with E-state index in [9.17, 15) is 18.0 Å².